The maximum atomic E-state index is 8.00. The molecule has 0 unspecified atom stereocenters. The van der Waals surface area contributed by atoms with Crippen LogP contribution >= 0.6 is 34.2 Å². The molecule has 0 amide bonds. The quantitative estimate of drug-likeness (QED) is 0.0397. The second kappa shape index (κ2) is 71.7. The topological polar surface area (TPSA) is 209 Å². The lowest BCUT2D eigenvalue weighted by Gasteiger charge is -2.29. The molecule has 406 valence electrons. The van der Waals surface area contributed by atoms with Crippen LogP contribution < -0.4 is 10.4 Å². The molecule has 0 atom stereocenters. The third-order valence-corrected chi connectivity index (χ3v) is 22.1. The fraction of sp³-hybridized carbons (Fsp3) is 0.667. The first-order chi connectivity index (χ1) is 32.3. The van der Waals surface area contributed by atoms with E-state index in [-0.39, 0.29) is 0 Å². The highest BCUT2D eigenvalue weighted by atomic mass is 33.1. The molecule has 15 nitrogen and oxygen atoms in total. The number of carbonyl (C=O) groups excluding carboxylic acids is 9. The minimum atomic E-state index is -2.74. The van der Waals surface area contributed by atoms with Crippen molar-refractivity contribution in [1.29, 1.82) is 0 Å². The molecule has 0 fully saturated rings. The van der Waals surface area contributed by atoms with Gasteiger partial charge in [-0.15, -0.1) is 0 Å². The number of hydrogen-bond acceptors (Lipinski definition) is 18. The van der Waals surface area contributed by atoms with Crippen LogP contribution in [-0.4, -0.2) is 160 Å². The third-order valence-electron chi connectivity index (χ3n) is 7.23. The Morgan fingerprint density at radius 3 is 0.868 bits per heavy atom. The average Bonchev–Trinajstić information content (AvgIpc) is 3.35. The van der Waals surface area contributed by atoms with E-state index in [1.54, 1.807) is 0 Å². The molecule has 0 spiro atoms. The Kier molecular flexibility index (Phi) is 97.3. The molecule has 0 saturated heterocycles. The average molecular weight is 1120 g/mol. The van der Waals surface area contributed by atoms with Crippen molar-refractivity contribution in [1.82, 2.24) is 0 Å². The molecule has 0 radical (unpaired) electrons. The maximum Gasteiger partial charge on any atom is 0.537 e. The summed E-state index contributed by atoms with van der Waals surface area (Å²) in [5.74, 6) is 3.49. The molecule has 1 rings (SSSR count). The van der Waals surface area contributed by atoms with E-state index in [1.165, 1.54) is 35.9 Å². The summed E-state index contributed by atoms with van der Waals surface area (Å²) in [6.07, 6.45) is 3.78. The predicted molar refractivity (Wildman–Crippen MR) is 308 cm³/mol. The van der Waals surface area contributed by atoms with Crippen LogP contribution in [0.2, 0.25) is 77.1 Å². The van der Waals surface area contributed by atoms with E-state index >= 15 is 0 Å². The Hall–Kier alpha value is -1.86. The van der Waals surface area contributed by atoms with Gasteiger partial charge in [0.2, 0.25) is 0 Å². The van der Waals surface area contributed by atoms with Crippen LogP contribution in [0.4, 0.5) is 0 Å². The number of rotatable bonds is 26. The van der Waals surface area contributed by atoms with Crippen molar-refractivity contribution < 1.29 is 69.7 Å². The van der Waals surface area contributed by atoms with Gasteiger partial charge in [-0.25, -0.2) is 0 Å². The second-order valence-electron chi connectivity index (χ2n) is 15.5. The van der Waals surface area contributed by atoms with Gasteiger partial charge < -0.3 is 69.7 Å². The van der Waals surface area contributed by atoms with Gasteiger partial charge in [-0.3, -0.25) is 0 Å². The zero-order chi connectivity index (χ0) is 56.7. The molecule has 0 aliphatic heterocycles. The Morgan fingerprint density at radius 2 is 0.647 bits per heavy atom. The third kappa shape index (κ3) is 66.2. The molecule has 68 heavy (non-hydrogen) atoms. The summed E-state index contributed by atoms with van der Waals surface area (Å²) in [6.45, 7) is 55.4. The molecule has 1 aromatic rings. The summed E-state index contributed by atoms with van der Waals surface area (Å²) in [5, 5.41) is 2.50. The highest BCUT2D eigenvalue weighted by Crippen LogP contribution is 2.27. The first-order valence-corrected chi connectivity index (χ1v) is 39.4. The van der Waals surface area contributed by atoms with Crippen LogP contribution in [0.15, 0.2) is 24.3 Å². The van der Waals surface area contributed by atoms with Crippen LogP contribution in [0.1, 0.15) is 60.8 Å². The van der Waals surface area contributed by atoms with Crippen molar-refractivity contribution in [3.63, 3.8) is 0 Å². The molecule has 0 aromatic heterocycles. The van der Waals surface area contributed by atoms with E-state index in [4.69, 9.17) is 69.7 Å². The molecular formula is C45H98O15S3Si5. The number of carbonyl (C=O) groups is 9. The minimum Gasteiger partial charge on any atom is -0.374 e. The first kappa shape index (κ1) is 92.3. The van der Waals surface area contributed by atoms with E-state index < -0.39 is 41.8 Å². The fourth-order valence-corrected chi connectivity index (χ4v) is 16.7. The lowest BCUT2D eigenvalue weighted by Crippen LogP contribution is -2.57. The second-order valence-corrected chi connectivity index (χ2v) is 40.2. The lowest BCUT2D eigenvalue weighted by atomic mass is 10.4. The molecule has 0 bridgehead atoms. The van der Waals surface area contributed by atoms with Gasteiger partial charge in [0.05, 0.1) is 8.07 Å². The summed E-state index contributed by atoms with van der Waals surface area (Å²) < 4.78 is 35.4. The van der Waals surface area contributed by atoms with E-state index in [0.717, 1.165) is 29.2 Å². The van der Waals surface area contributed by atoms with Gasteiger partial charge >= 0.3 is 17.6 Å². The summed E-state index contributed by atoms with van der Waals surface area (Å²) in [6, 6.07) is 12.5. The zero-order valence-corrected chi connectivity index (χ0v) is 52.7. The molecule has 0 aliphatic carbocycles. The maximum absolute atomic E-state index is 8.00. The Morgan fingerprint density at radius 1 is 0.397 bits per heavy atom. The van der Waals surface area contributed by atoms with Crippen LogP contribution in [0, 0.1) is 0 Å². The largest absolute Gasteiger partial charge is 0.537 e. The van der Waals surface area contributed by atoms with Gasteiger partial charge in [-0.05, 0) is 66.6 Å². The lowest BCUT2D eigenvalue weighted by molar-refractivity contribution is -0.0987. The van der Waals surface area contributed by atoms with Crippen LogP contribution in [0.25, 0.3) is 0 Å². The Balaban J connectivity index is -0.0000000713. The standard InChI is InChI=1S/C15H36O3S2Si2.C15H28O3Si2.C6H16SSi.9CH2O/c1-7-16-22(17-8-2,18-9-3)15-11-13-20-19-12-10-14-21(4,5)6;1-7-16-20(17-8-2,18-9-3)15-12-10-14(11-13-15)19(4,5)6;1-8(2,3)6-4-5-7;9*1-2/h7-15H2,1-6H3;10-13H,7-9H2,1-6H3;7H,4-6H2,1-3H3;9*1H2. The van der Waals surface area contributed by atoms with Gasteiger partial charge in [0.25, 0.3) is 0 Å². The normalized spacial score (nSPS) is 9.82. The summed E-state index contributed by atoms with van der Waals surface area (Å²) in [4.78, 5) is 72.0. The Bertz CT molecular complexity index is 1030. The van der Waals surface area contributed by atoms with E-state index in [9.17, 15) is 0 Å². The number of benzene rings is 1. The van der Waals surface area contributed by atoms with Gasteiger partial charge in [0.15, 0.2) is 0 Å². The SMILES string of the molecule is C=O.C=O.C=O.C=O.C=O.C=O.C=O.C=O.C=O.CCO[Si](CCCSSCCC[Si](C)(C)C)(OCC)OCC.CCO[Si](OCC)(OCC)c1ccc([Si](C)(C)C)cc1.C[Si](C)(C)CCCS. The fourth-order valence-electron chi connectivity index (χ4n) is 4.86. The van der Waals surface area contributed by atoms with Crippen molar-refractivity contribution in [2.75, 3.05) is 56.9 Å². The van der Waals surface area contributed by atoms with Crippen LogP contribution in [-0.2, 0) is 69.7 Å². The minimum absolute atomic E-state index is 0.599. The van der Waals surface area contributed by atoms with Gasteiger partial charge in [-0.2, -0.15) is 12.6 Å². The molecule has 0 aliphatic rings. The summed E-state index contributed by atoms with van der Waals surface area (Å²) in [7, 11) is -4.00. The predicted octanol–water partition coefficient (Wildman–Crippen LogP) is 9.00. The number of thiol groups is 1. The Labute approximate surface area is 433 Å². The zero-order valence-electron chi connectivity index (χ0n) is 45.2. The molecular weight excluding hydrogens is 1020 g/mol. The molecule has 1 aromatic carbocycles. The van der Waals surface area contributed by atoms with Crippen LogP contribution in [0.5, 0.6) is 0 Å². The van der Waals surface area contributed by atoms with Crippen molar-refractivity contribution in [2.45, 2.75) is 138 Å². The smallest absolute Gasteiger partial charge is 0.374 e. The van der Waals surface area contributed by atoms with E-state index in [0.29, 0.717) is 39.6 Å². The molecule has 23 heteroatoms. The highest BCUT2D eigenvalue weighted by Gasteiger charge is 2.43. The summed E-state index contributed by atoms with van der Waals surface area (Å²) in [5.41, 5.74) is 0. The van der Waals surface area contributed by atoms with Gasteiger partial charge in [0.1, 0.15) is 61.1 Å². The van der Waals surface area contributed by atoms with Crippen molar-refractivity contribution >= 4 is 148 Å². The highest BCUT2D eigenvalue weighted by molar-refractivity contribution is 8.76. The number of hydrogen-bond donors (Lipinski definition) is 1. The molecule has 0 heterocycles. The first-order valence-electron chi connectivity index (χ1n) is 21.7. The van der Waals surface area contributed by atoms with Gasteiger partial charge in [0, 0.05) is 78.5 Å². The van der Waals surface area contributed by atoms with Crippen molar-refractivity contribution in [3.05, 3.63) is 24.3 Å². The molecule has 0 N–H and O–H groups in total. The monoisotopic (exact) mass is 1110 g/mol. The van der Waals surface area contributed by atoms with E-state index in [2.05, 4.69) is 95.8 Å². The van der Waals surface area contributed by atoms with Gasteiger partial charge in [-0.1, -0.05) is 122 Å². The summed E-state index contributed by atoms with van der Waals surface area (Å²) >= 11 is 4.15. The van der Waals surface area contributed by atoms with Crippen LogP contribution in [0.3, 0.4) is 0 Å². The van der Waals surface area contributed by atoms with Crippen molar-refractivity contribution in [2.24, 2.45) is 0 Å². The van der Waals surface area contributed by atoms with Crippen molar-refractivity contribution in [3.8, 4) is 0 Å². The molecule has 0 saturated carbocycles. The van der Waals surface area contributed by atoms with E-state index in [1.807, 2.05) is 124 Å².